The maximum atomic E-state index is 12.4. The van der Waals surface area contributed by atoms with Crippen molar-refractivity contribution in [3.63, 3.8) is 0 Å². The summed E-state index contributed by atoms with van der Waals surface area (Å²) < 4.78 is 31.8. The van der Waals surface area contributed by atoms with Gasteiger partial charge in [-0.25, -0.2) is 18.2 Å². The third kappa shape index (κ3) is 3.62. The second-order valence-electron chi connectivity index (χ2n) is 4.62. The van der Waals surface area contributed by atoms with Gasteiger partial charge in [-0.2, -0.15) is 0 Å². The lowest BCUT2D eigenvalue weighted by Crippen LogP contribution is -2.19. The number of carbonyl (C=O) groups is 1. The summed E-state index contributed by atoms with van der Waals surface area (Å²) in [7, 11) is -2.41. The molecule has 0 fully saturated rings. The average Bonchev–Trinajstić information content (AvgIpc) is 2.54. The van der Waals surface area contributed by atoms with Crippen molar-refractivity contribution >= 4 is 21.7 Å². The van der Waals surface area contributed by atoms with E-state index in [9.17, 15) is 13.2 Å². The van der Waals surface area contributed by atoms with Crippen molar-refractivity contribution in [2.45, 2.75) is 12.2 Å². The van der Waals surface area contributed by atoms with Crippen LogP contribution in [0.25, 0.3) is 0 Å². The summed E-state index contributed by atoms with van der Waals surface area (Å²) in [5.41, 5.74) is 0.977. The van der Waals surface area contributed by atoms with E-state index in [2.05, 4.69) is 14.4 Å². The zero-order chi connectivity index (χ0) is 16.2. The first-order valence-corrected chi connectivity index (χ1v) is 8.09. The Labute approximate surface area is 129 Å². The number of anilines is 1. The number of aromatic nitrogens is 1. The van der Waals surface area contributed by atoms with Gasteiger partial charge in [0.05, 0.1) is 12.8 Å². The average molecular weight is 320 g/mol. The van der Waals surface area contributed by atoms with Crippen LogP contribution in [0.4, 0.5) is 5.69 Å². The molecule has 0 aliphatic carbocycles. The number of rotatable bonds is 5. The van der Waals surface area contributed by atoms with Gasteiger partial charge in [0.25, 0.3) is 0 Å². The summed E-state index contributed by atoms with van der Waals surface area (Å²) in [6, 6.07) is 11.7. The molecule has 22 heavy (non-hydrogen) atoms. The molecule has 1 unspecified atom stereocenters. The molecule has 0 saturated carbocycles. The first kappa shape index (κ1) is 16.0. The number of pyridine rings is 1. The smallest absolute Gasteiger partial charge is 0.356 e. The van der Waals surface area contributed by atoms with Crippen LogP contribution >= 0.6 is 0 Å². The number of sulfonamides is 1. The fourth-order valence-electron chi connectivity index (χ4n) is 1.87. The van der Waals surface area contributed by atoms with Crippen LogP contribution in [0.15, 0.2) is 48.7 Å². The SMILES string of the molecule is COC(=O)c1cc(NS(=O)(=O)C(C)c2ccccc2)ccn1. The van der Waals surface area contributed by atoms with Gasteiger partial charge in [0.1, 0.15) is 10.9 Å². The van der Waals surface area contributed by atoms with Crippen molar-refractivity contribution in [1.82, 2.24) is 4.98 Å². The number of ether oxygens (including phenoxy) is 1. The summed E-state index contributed by atoms with van der Waals surface area (Å²) in [6.07, 6.45) is 1.34. The van der Waals surface area contributed by atoms with Crippen LogP contribution in [0.2, 0.25) is 0 Å². The first-order valence-electron chi connectivity index (χ1n) is 6.55. The number of nitrogens with one attached hydrogen (secondary N) is 1. The van der Waals surface area contributed by atoms with Gasteiger partial charge in [-0.1, -0.05) is 30.3 Å². The number of carbonyl (C=O) groups excluding carboxylic acids is 1. The molecular formula is C15H16N2O4S. The highest BCUT2D eigenvalue weighted by Crippen LogP contribution is 2.23. The Kier molecular flexibility index (Phi) is 4.77. The molecule has 0 spiro atoms. The van der Waals surface area contributed by atoms with Crippen molar-refractivity contribution in [2.24, 2.45) is 0 Å². The summed E-state index contributed by atoms with van der Waals surface area (Å²) in [6.45, 7) is 1.60. The second kappa shape index (κ2) is 6.57. The number of benzene rings is 1. The minimum Gasteiger partial charge on any atom is -0.464 e. The quantitative estimate of drug-likeness (QED) is 0.855. The van der Waals surface area contributed by atoms with Gasteiger partial charge in [0.2, 0.25) is 10.0 Å². The minimum atomic E-state index is -3.65. The molecule has 1 N–H and O–H groups in total. The molecule has 1 aromatic carbocycles. The number of methoxy groups -OCH3 is 1. The van der Waals surface area contributed by atoms with E-state index in [1.807, 2.05) is 6.07 Å². The Morgan fingerprint density at radius 1 is 1.23 bits per heavy atom. The van der Waals surface area contributed by atoms with E-state index >= 15 is 0 Å². The van der Waals surface area contributed by atoms with E-state index in [0.29, 0.717) is 5.56 Å². The molecule has 0 aliphatic rings. The Morgan fingerprint density at radius 3 is 2.55 bits per heavy atom. The van der Waals surface area contributed by atoms with Gasteiger partial charge in [-0.05, 0) is 24.6 Å². The zero-order valence-corrected chi connectivity index (χ0v) is 13.0. The standard InChI is InChI=1S/C15H16N2O4S/c1-11(12-6-4-3-5-7-12)22(19,20)17-13-8-9-16-14(10-13)15(18)21-2/h3-11H,1-2H3,(H,16,17). The van der Waals surface area contributed by atoms with Crippen LogP contribution in [0.5, 0.6) is 0 Å². The molecule has 1 atom stereocenters. The monoisotopic (exact) mass is 320 g/mol. The largest absolute Gasteiger partial charge is 0.464 e. The van der Waals surface area contributed by atoms with Gasteiger partial charge in [0, 0.05) is 6.20 Å². The maximum absolute atomic E-state index is 12.4. The molecule has 0 bridgehead atoms. The number of hydrogen-bond acceptors (Lipinski definition) is 5. The number of nitrogens with zero attached hydrogens (tertiary/aromatic N) is 1. The van der Waals surface area contributed by atoms with Crippen LogP contribution < -0.4 is 4.72 Å². The highest BCUT2D eigenvalue weighted by Gasteiger charge is 2.22. The maximum Gasteiger partial charge on any atom is 0.356 e. The van der Waals surface area contributed by atoms with Crippen molar-refractivity contribution in [2.75, 3.05) is 11.8 Å². The lowest BCUT2D eigenvalue weighted by atomic mass is 10.2. The second-order valence-corrected chi connectivity index (χ2v) is 6.62. The van der Waals surface area contributed by atoms with E-state index in [4.69, 9.17) is 0 Å². The van der Waals surface area contributed by atoms with Gasteiger partial charge >= 0.3 is 5.97 Å². The summed E-state index contributed by atoms with van der Waals surface area (Å²) in [4.78, 5) is 15.3. The van der Waals surface area contributed by atoms with Crippen LogP contribution in [0.1, 0.15) is 28.2 Å². The molecule has 7 heteroatoms. The van der Waals surface area contributed by atoms with E-state index in [0.717, 1.165) is 0 Å². The Balaban J connectivity index is 2.24. The molecule has 0 saturated heterocycles. The van der Waals surface area contributed by atoms with Crippen molar-refractivity contribution in [1.29, 1.82) is 0 Å². The van der Waals surface area contributed by atoms with Crippen LogP contribution in [-0.2, 0) is 14.8 Å². The Morgan fingerprint density at radius 2 is 1.91 bits per heavy atom. The Hall–Kier alpha value is -2.41. The molecule has 116 valence electrons. The van der Waals surface area contributed by atoms with Gasteiger partial charge in [-0.15, -0.1) is 0 Å². The normalized spacial score (nSPS) is 12.5. The fraction of sp³-hybridized carbons (Fsp3) is 0.200. The highest BCUT2D eigenvalue weighted by molar-refractivity contribution is 7.92. The molecule has 1 heterocycles. The molecule has 6 nitrogen and oxygen atoms in total. The zero-order valence-electron chi connectivity index (χ0n) is 12.2. The molecule has 0 aliphatic heterocycles. The summed E-state index contributed by atoms with van der Waals surface area (Å²) in [5, 5.41) is -0.733. The first-order chi connectivity index (χ1) is 10.4. The van der Waals surface area contributed by atoms with Gasteiger partial charge in [-0.3, -0.25) is 4.72 Å². The van der Waals surface area contributed by atoms with Crippen LogP contribution in [-0.4, -0.2) is 26.5 Å². The van der Waals surface area contributed by atoms with Crippen molar-refractivity contribution in [3.05, 3.63) is 59.9 Å². The fourth-order valence-corrected chi connectivity index (χ4v) is 3.01. The van der Waals surface area contributed by atoms with Crippen LogP contribution in [0.3, 0.4) is 0 Å². The Bertz CT molecular complexity index is 760. The van der Waals surface area contributed by atoms with E-state index < -0.39 is 21.2 Å². The van der Waals surface area contributed by atoms with E-state index in [1.54, 1.807) is 31.2 Å². The molecule has 2 rings (SSSR count). The van der Waals surface area contributed by atoms with Crippen molar-refractivity contribution < 1.29 is 17.9 Å². The minimum absolute atomic E-state index is 0.0371. The van der Waals surface area contributed by atoms with Gasteiger partial charge in [0.15, 0.2) is 0 Å². The van der Waals surface area contributed by atoms with Crippen molar-refractivity contribution in [3.8, 4) is 0 Å². The lowest BCUT2D eigenvalue weighted by Gasteiger charge is -2.15. The molecular weight excluding hydrogens is 304 g/mol. The molecule has 1 aromatic heterocycles. The number of esters is 1. The number of hydrogen-bond donors (Lipinski definition) is 1. The molecule has 0 radical (unpaired) electrons. The predicted molar refractivity (Wildman–Crippen MR) is 83.0 cm³/mol. The summed E-state index contributed by atoms with van der Waals surface area (Å²) >= 11 is 0. The molecule has 0 amide bonds. The van der Waals surface area contributed by atoms with Gasteiger partial charge < -0.3 is 4.74 Å². The van der Waals surface area contributed by atoms with E-state index in [-0.39, 0.29) is 11.4 Å². The third-order valence-electron chi connectivity index (χ3n) is 3.15. The highest BCUT2D eigenvalue weighted by atomic mass is 32.2. The lowest BCUT2D eigenvalue weighted by molar-refractivity contribution is 0.0594. The topological polar surface area (TPSA) is 85.4 Å². The molecule has 2 aromatic rings. The van der Waals surface area contributed by atoms with E-state index in [1.165, 1.54) is 25.4 Å². The third-order valence-corrected chi connectivity index (χ3v) is 4.87. The predicted octanol–water partition coefficient (Wildman–Crippen LogP) is 2.37. The van der Waals surface area contributed by atoms with Crippen LogP contribution in [0, 0.1) is 0 Å². The summed E-state index contributed by atoms with van der Waals surface area (Å²) in [5.74, 6) is -0.628.